The first-order valence-corrected chi connectivity index (χ1v) is 9.42. The molecular formula is C20H32FN3O2. The second kappa shape index (κ2) is 10.00. The summed E-state index contributed by atoms with van der Waals surface area (Å²) in [6.45, 7) is 10.6. The van der Waals surface area contributed by atoms with Crippen molar-refractivity contribution in [1.82, 2.24) is 15.1 Å². The Morgan fingerprint density at radius 1 is 1.38 bits per heavy atom. The molecule has 0 spiro atoms. The van der Waals surface area contributed by atoms with Gasteiger partial charge in [-0.2, -0.15) is 0 Å². The van der Waals surface area contributed by atoms with Crippen molar-refractivity contribution in [3.8, 4) is 0 Å². The SMILES string of the molecule is CC(C)CN1CCOC(CNC(=O)CN(C)C(C)c2ccccc2F)C1. The highest BCUT2D eigenvalue weighted by molar-refractivity contribution is 5.78. The minimum atomic E-state index is -0.242. The molecule has 1 aliphatic heterocycles. The Kier molecular flexibility index (Phi) is 8.00. The van der Waals surface area contributed by atoms with Gasteiger partial charge in [0.2, 0.25) is 5.91 Å². The lowest BCUT2D eigenvalue weighted by molar-refractivity contribution is -0.123. The van der Waals surface area contributed by atoms with Crippen LogP contribution in [0.15, 0.2) is 24.3 Å². The number of likely N-dealkylation sites (N-methyl/N-ethyl adjacent to an activating group) is 1. The van der Waals surface area contributed by atoms with Crippen molar-refractivity contribution in [2.45, 2.75) is 32.9 Å². The highest BCUT2D eigenvalue weighted by atomic mass is 19.1. The number of morpholine rings is 1. The summed E-state index contributed by atoms with van der Waals surface area (Å²) in [5.74, 6) is 0.310. The van der Waals surface area contributed by atoms with Gasteiger partial charge in [-0.25, -0.2) is 4.39 Å². The number of carbonyl (C=O) groups is 1. The van der Waals surface area contributed by atoms with Crippen LogP contribution in [-0.4, -0.2) is 68.2 Å². The van der Waals surface area contributed by atoms with Crippen LogP contribution in [0.4, 0.5) is 4.39 Å². The molecule has 5 nitrogen and oxygen atoms in total. The number of ether oxygens (including phenoxy) is 1. The van der Waals surface area contributed by atoms with Gasteiger partial charge in [0.1, 0.15) is 5.82 Å². The number of hydrogen-bond acceptors (Lipinski definition) is 4. The molecule has 1 amide bonds. The van der Waals surface area contributed by atoms with Crippen molar-refractivity contribution in [2.75, 3.05) is 46.4 Å². The Hall–Kier alpha value is -1.50. The summed E-state index contributed by atoms with van der Waals surface area (Å²) < 4.78 is 19.7. The molecule has 1 aromatic rings. The van der Waals surface area contributed by atoms with Gasteiger partial charge in [0, 0.05) is 37.8 Å². The normalized spacial score (nSPS) is 19.7. The Morgan fingerprint density at radius 2 is 2.12 bits per heavy atom. The summed E-state index contributed by atoms with van der Waals surface area (Å²) in [5, 5.41) is 2.95. The minimum Gasteiger partial charge on any atom is -0.374 e. The summed E-state index contributed by atoms with van der Waals surface area (Å²) in [4.78, 5) is 16.5. The molecule has 146 valence electrons. The van der Waals surface area contributed by atoms with Crippen molar-refractivity contribution in [2.24, 2.45) is 5.92 Å². The van der Waals surface area contributed by atoms with E-state index in [1.807, 2.05) is 24.9 Å². The Balaban J connectivity index is 1.76. The maximum atomic E-state index is 13.9. The molecule has 0 radical (unpaired) electrons. The van der Waals surface area contributed by atoms with Gasteiger partial charge in [0.25, 0.3) is 0 Å². The molecule has 0 aromatic heterocycles. The summed E-state index contributed by atoms with van der Waals surface area (Å²) in [6, 6.07) is 6.52. The van der Waals surface area contributed by atoms with E-state index in [2.05, 4.69) is 24.1 Å². The molecule has 2 rings (SSSR count). The first-order chi connectivity index (χ1) is 12.4. The molecule has 0 aliphatic carbocycles. The topological polar surface area (TPSA) is 44.8 Å². The third kappa shape index (κ3) is 6.34. The zero-order valence-corrected chi connectivity index (χ0v) is 16.4. The first kappa shape index (κ1) is 20.8. The van der Waals surface area contributed by atoms with Crippen molar-refractivity contribution >= 4 is 5.91 Å². The van der Waals surface area contributed by atoms with Crippen LogP contribution in [-0.2, 0) is 9.53 Å². The highest BCUT2D eigenvalue weighted by Crippen LogP contribution is 2.21. The molecule has 2 atom stereocenters. The molecule has 1 saturated heterocycles. The maximum absolute atomic E-state index is 13.9. The zero-order valence-electron chi connectivity index (χ0n) is 16.4. The molecule has 1 heterocycles. The largest absolute Gasteiger partial charge is 0.374 e. The molecule has 6 heteroatoms. The summed E-state index contributed by atoms with van der Waals surface area (Å²) in [6.07, 6.45) is 0.0285. The van der Waals surface area contributed by atoms with Gasteiger partial charge in [0.05, 0.1) is 19.3 Å². The lowest BCUT2D eigenvalue weighted by atomic mass is 10.1. The van der Waals surface area contributed by atoms with Crippen molar-refractivity contribution in [3.05, 3.63) is 35.6 Å². The van der Waals surface area contributed by atoms with Crippen LogP contribution in [0, 0.1) is 11.7 Å². The number of carbonyl (C=O) groups excluding carboxylic acids is 1. The average Bonchev–Trinajstić information content (AvgIpc) is 2.59. The van der Waals surface area contributed by atoms with Crippen LogP contribution in [0.5, 0.6) is 0 Å². The third-order valence-corrected chi connectivity index (χ3v) is 4.78. The van der Waals surface area contributed by atoms with Crippen LogP contribution in [0.1, 0.15) is 32.4 Å². The number of hydrogen-bond donors (Lipinski definition) is 1. The molecule has 26 heavy (non-hydrogen) atoms. The van der Waals surface area contributed by atoms with E-state index in [1.54, 1.807) is 12.1 Å². The third-order valence-electron chi connectivity index (χ3n) is 4.78. The van der Waals surface area contributed by atoms with Gasteiger partial charge in [-0.05, 0) is 26.0 Å². The van der Waals surface area contributed by atoms with Crippen LogP contribution in [0.25, 0.3) is 0 Å². The number of amides is 1. The van der Waals surface area contributed by atoms with Gasteiger partial charge in [0.15, 0.2) is 0 Å². The quantitative estimate of drug-likeness (QED) is 0.768. The van der Waals surface area contributed by atoms with Crippen LogP contribution >= 0.6 is 0 Å². The average molecular weight is 365 g/mol. The number of halogens is 1. The second-order valence-electron chi connectivity index (χ2n) is 7.56. The summed E-state index contributed by atoms with van der Waals surface area (Å²) in [5.41, 5.74) is 0.600. The Bertz CT molecular complexity index is 582. The molecule has 0 saturated carbocycles. The zero-order chi connectivity index (χ0) is 19.1. The van der Waals surface area contributed by atoms with E-state index < -0.39 is 0 Å². The smallest absolute Gasteiger partial charge is 0.234 e. The molecule has 1 aliphatic rings. The maximum Gasteiger partial charge on any atom is 0.234 e. The van der Waals surface area contributed by atoms with Gasteiger partial charge in [-0.15, -0.1) is 0 Å². The minimum absolute atomic E-state index is 0.0285. The van der Waals surface area contributed by atoms with Crippen molar-refractivity contribution in [3.63, 3.8) is 0 Å². The van der Waals surface area contributed by atoms with Crippen LogP contribution in [0.2, 0.25) is 0 Å². The molecule has 2 unspecified atom stereocenters. The monoisotopic (exact) mass is 365 g/mol. The molecule has 0 bridgehead atoms. The lowest BCUT2D eigenvalue weighted by Crippen LogP contribution is -2.49. The fourth-order valence-corrected chi connectivity index (χ4v) is 3.28. The van der Waals surface area contributed by atoms with E-state index in [-0.39, 0.29) is 30.4 Å². The predicted octanol–water partition coefficient (Wildman–Crippen LogP) is 2.29. The summed E-state index contributed by atoms with van der Waals surface area (Å²) in [7, 11) is 1.83. The molecule has 1 fully saturated rings. The molecular weight excluding hydrogens is 333 g/mol. The van der Waals surface area contributed by atoms with E-state index in [0.717, 1.165) is 19.6 Å². The van der Waals surface area contributed by atoms with E-state index in [4.69, 9.17) is 4.74 Å². The van der Waals surface area contributed by atoms with Gasteiger partial charge < -0.3 is 10.1 Å². The standard InChI is InChI=1S/C20H32FN3O2/c1-15(2)12-24-9-10-26-17(13-24)11-22-20(25)14-23(4)16(3)18-7-5-6-8-19(18)21/h5-8,15-17H,9-14H2,1-4H3,(H,22,25). The van der Waals surface area contributed by atoms with Crippen LogP contribution in [0.3, 0.4) is 0 Å². The van der Waals surface area contributed by atoms with E-state index in [0.29, 0.717) is 24.6 Å². The summed E-state index contributed by atoms with van der Waals surface area (Å²) >= 11 is 0. The van der Waals surface area contributed by atoms with Gasteiger partial charge in [-0.1, -0.05) is 32.0 Å². The van der Waals surface area contributed by atoms with Crippen LogP contribution < -0.4 is 5.32 Å². The van der Waals surface area contributed by atoms with Crippen molar-refractivity contribution < 1.29 is 13.9 Å². The fourth-order valence-electron chi connectivity index (χ4n) is 3.28. The second-order valence-corrected chi connectivity index (χ2v) is 7.56. The van der Waals surface area contributed by atoms with Gasteiger partial charge >= 0.3 is 0 Å². The number of rotatable bonds is 8. The predicted molar refractivity (Wildman–Crippen MR) is 101 cm³/mol. The number of nitrogens with one attached hydrogen (secondary N) is 1. The lowest BCUT2D eigenvalue weighted by Gasteiger charge is -2.34. The highest BCUT2D eigenvalue weighted by Gasteiger charge is 2.22. The van der Waals surface area contributed by atoms with Gasteiger partial charge in [-0.3, -0.25) is 14.6 Å². The van der Waals surface area contributed by atoms with E-state index >= 15 is 0 Å². The van der Waals surface area contributed by atoms with Crippen molar-refractivity contribution in [1.29, 1.82) is 0 Å². The fraction of sp³-hybridized carbons (Fsp3) is 0.650. The molecule has 1 aromatic carbocycles. The Morgan fingerprint density at radius 3 is 2.81 bits per heavy atom. The van der Waals surface area contributed by atoms with E-state index in [1.165, 1.54) is 6.07 Å². The number of nitrogens with zero attached hydrogens (tertiary/aromatic N) is 2. The van der Waals surface area contributed by atoms with E-state index in [9.17, 15) is 9.18 Å². The molecule has 1 N–H and O–H groups in total. The Labute approximate surface area is 156 Å². The number of benzene rings is 1. The first-order valence-electron chi connectivity index (χ1n) is 9.42.